The van der Waals surface area contributed by atoms with E-state index < -0.39 is 5.91 Å². The quantitative estimate of drug-likeness (QED) is 0.696. The van der Waals surface area contributed by atoms with Crippen LogP contribution in [0.2, 0.25) is 0 Å². The zero-order valence-corrected chi connectivity index (χ0v) is 13.3. The molecule has 0 spiro atoms. The maximum Gasteiger partial charge on any atom is 0.248 e. The van der Waals surface area contributed by atoms with Crippen molar-refractivity contribution in [3.8, 4) is 5.75 Å². The molecule has 0 radical (unpaired) electrons. The summed E-state index contributed by atoms with van der Waals surface area (Å²) in [4.78, 5) is 15.2. The third-order valence-electron chi connectivity index (χ3n) is 3.83. The molecule has 23 heavy (non-hydrogen) atoms. The molecule has 5 heteroatoms. The molecule has 122 valence electrons. The normalized spacial score (nSPS) is 12.0. The minimum absolute atomic E-state index is 0.247. The lowest BCUT2D eigenvalue weighted by molar-refractivity contribution is 0.100. The van der Waals surface area contributed by atoms with Crippen LogP contribution in [-0.4, -0.2) is 28.6 Å². The van der Waals surface area contributed by atoms with Gasteiger partial charge in [-0.1, -0.05) is 12.1 Å². The molecule has 4 N–H and O–H groups in total. The fraction of sp³-hybridized carbons (Fsp3) is 0.333. The number of nitrogens with two attached hydrogens (primary N) is 1. The van der Waals surface area contributed by atoms with E-state index in [0.717, 1.165) is 19.4 Å². The minimum atomic E-state index is -0.399. The van der Waals surface area contributed by atoms with Gasteiger partial charge in [-0.3, -0.25) is 9.78 Å². The van der Waals surface area contributed by atoms with E-state index in [1.807, 2.05) is 12.1 Å². The van der Waals surface area contributed by atoms with Crippen molar-refractivity contribution in [2.24, 2.45) is 5.73 Å². The molecule has 1 heterocycles. The van der Waals surface area contributed by atoms with Gasteiger partial charge in [-0.15, -0.1) is 0 Å². The van der Waals surface area contributed by atoms with E-state index in [2.05, 4.69) is 17.2 Å². The molecule has 0 aliphatic heterocycles. The maximum atomic E-state index is 11.0. The van der Waals surface area contributed by atoms with Crippen molar-refractivity contribution in [3.05, 3.63) is 59.4 Å². The van der Waals surface area contributed by atoms with Crippen LogP contribution in [-0.2, 0) is 12.8 Å². The third-order valence-corrected chi connectivity index (χ3v) is 3.83. The Morgan fingerprint density at radius 2 is 2.00 bits per heavy atom. The van der Waals surface area contributed by atoms with Crippen LogP contribution < -0.4 is 11.1 Å². The highest BCUT2D eigenvalue weighted by Gasteiger charge is 2.05. The van der Waals surface area contributed by atoms with Crippen molar-refractivity contribution in [2.45, 2.75) is 32.2 Å². The van der Waals surface area contributed by atoms with Crippen LogP contribution in [0.1, 0.15) is 35.0 Å². The van der Waals surface area contributed by atoms with Crippen LogP contribution in [0.25, 0.3) is 0 Å². The molecule has 0 aliphatic rings. The van der Waals surface area contributed by atoms with Crippen LogP contribution >= 0.6 is 0 Å². The monoisotopic (exact) mass is 313 g/mol. The number of aryl methyl sites for hydroxylation is 1. The van der Waals surface area contributed by atoms with Gasteiger partial charge in [0.25, 0.3) is 0 Å². The second-order valence-electron chi connectivity index (χ2n) is 5.67. The van der Waals surface area contributed by atoms with Gasteiger partial charge < -0.3 is 16.2 Å². The number of aromatic hydroxyl groups is 1. The average molecular weight is 313 g/mol. The summed E-state index contributed by atoms with van der Waals surface area (Å²) in [5.41, 5.74) is 7.67. The highest BCUT2D eigenvalue weighted by Crippen LogP contribution is 2.12. The van der Waals surface area contributed by atoms with Gasteiger partial charge in [0.05, 0.1) is 5.69 Å². The number of aromatic nitrogens is 1. The van der Waals surface area contributed by atoms with Gasteiger partial charge in [0, 0.05) is 30.8 Å². The summed E-state index contributed by atoms with van der Waals surface area (Å²) in [5.74, 6) is -0.152. The number of primary amides is 1. The Bertz CT molecular complexity index is 641. The average Bonchev–Trinajstić information content (AvgIpc) is 2.55. The van der Waals surface area contributed by atoms with Gasteiger partial charge in [-0.05, 0) is 49.6 Å². The van der Waals surface area contributed by atoms with Crippen molar-refractivity contribution in [2.75, 3.05) is 6.54 Å². The second-order valence-corrected chi connectivity index (χ2v) is 5.67. The first-order chi connectivity index (χ1) is 11.1. The molecule has 0 saturated heterocycles. The molecule has 0 bridgehead atoms. The largest absolute Gasteiger partial charge is 0.506 e. The van der Waals surface area contributed by atoms with Crippen molar-refractivity contribution in [3.63, 3.8) is 0 Å². The SMILES string of the molecule is C[C@H](CCc1ccc(C(N)=O)cc1)NCCc1ncccc1O. The fourth-order valence-electron chi connectivity index (χ4n) is 2.38. The van der Waals surface area contributed by atoms with Crippen molar-refractivity contribution in [1.29, 1.82) is 0 Å². The number of nitrogens with one attached hydrogen (secondary N) is 1. The van der Waals surface area contributed by atoms with Gasteiger partial charge >= 0.3 is 0 Å². The maximum absolute atomic E-state index is 11.0. The van der Waals surface area contributed by atoms with Gasteiger partial charge in [0.15, 0.2) is 0 Å². The molecular formula is C18H23N3O2. The zero-order valence-electron chi connectivity index (χ0n) is 13.3. The molecule has 2 rings (SSSR count). The smallest absolute Gasteiger partial charge is 0.248 e. The number of pyridine rings is 1. The van der Waals surface area contributed by atoms with E-state index in [9.17, 15) is 9.90 Å². The molecule has 1 amide bonds. The Morgan fingerprint density at radius 1 is 1.26 bits per heavy atom. The van der Waals surface area contributed by atoms with Crippen molar-refractivity contribution in [1.82, 2.24) is 10.3 Å². The first-order valence-electron chi connectivity index (χ1n) is 7.81. The molecule has 1 aromatic heterocycles. The first-order valence-corrected chi connectivity index (χ1v) is 7.81. The molecule has 1 atom stereocenters. The van der Waals surface area contributed by atoms with Gasteiger partial charge in [-0.25, -0.2) is 0 Å². The first kappa shape index (κ1) is 17.0. The van der Waals surface area contributed by atoms with Crippen LogP contribution in [0.15, 0.2) is 42.6 Å². The van der Waals surface area contributed by atoms with E-state index in [1.165, 1.54) is 5.56 Å². The lowest BCUT2D eigenvalue weighted by Gasteiger charge is -2.14. The van der Waals surface area contributed by atoms with Crippen LogP contribution in [0.3, 0.4) is 0 Å². The van der Waals surface area contributed by atoms with Crippen molar-refractivity contribution >= 4 is 5.91 Å². The molecule has 0 aliphatic carbocycles. The summed E-state index contributed by atoms with van der Waals surface area (Å²) >= 11 is 0. The van der Waals surface area contributed by atoms with Gasteiger partial charge in [0.2, 0.25) is 5.91 Å². The van der Waals surface area contributed by atoms with E-state index in [0.29, 0.717) is 23.7 Å². The van der Waals surface area contributed by atoms with Gasteiger partial charge in [-0.2, -0.15) is 0 Å². The molecular weight excluding hydrogens is 290 g/mol. The predicted octanol–water partition coefficient (Wildman–Crippen LogP) is 2.04. The summed E-state index contributed by atoms with van der Waals surface area (Å²) in [7, 11) is 0. The van der Waals surface area contributed by atoms with Crippen LogP contribution in [0.4, 0.5) is 0 Å². The highest BCUT2D eigenvalue weighted by atomic mass is 16.3. The summed E-state index contributed by atoms with van der Waals surface area (Å²) < 4.78 is 0. The molecule has 2 aromatic rings. The number of benzene rings is 1. The van der Waals surface area contributed by atoms with Crippen LogP contribution in [0.5, 0.6) is 5.75 Å². The summed E-state index contributed by atoms with van der Waals surface area (Å²) in [6.07, 6.45) is 4.31. The number of carbonyl (C=O) groups is 1. The number of hydrogen-bond acceptors (Lipinski definition) is 4. The minimum Gasteiger partial charge on any atom is -0.506 e. The van der Waals surface area contributed by atoms with E-state index in [1.54, 1.807) is 30.5 Å². The highest BCUT2D eigenvalue weighted by molar-refractivity contribution is 5.92. The predicted molar refractivity (Wildman–Crippen MR) is 90.4 cm³/mol. The fourth-order valence-corrected chi connectivity index (χ4v) is 2.38. The Hall–Kier alpha value is -2.40. The number of rotatable bonds is 8. The van der Waals surface area contributed by atoms with Gasteiger partial charge in [0.1, 0.15) is 5.75 Å². The zero-order chi connectivity index (χ0) is 16.7. The molecule has 1 aromatic carbocycles. The van der Waals surface area contributed by atoms with E-state index in [-0.39, 0.29) is 5.75 Å². The van der Waals surface area contributed by atoms with Crippen molar-refractivity contribution < 1.29 is 9.90 Å². The molecule has 0 fully saturated rings. The second kappa shape index (κ2) is 8.29. The third kappa shape index (κ3) is 5.38. The number of amides is 1. The number of nitrogens with zero attached hydrogens (tertiary/aromatic N) is 1. The summed E-state index contributed by atoms with van der Waals surface area (Å²) in [6, 6.07) is 11.1. The van der Waals surface area contributed by atoms with E-state index in [4.69, 9.17) is 5.73 Å². The Labute approximate surface area is 136 Å². The Balaban J connectivity index is 1.71. The molecule has 0 unspecified atom stereocenters. The lowest BCUT2D eigenvalue weighted by Crippen LogP contribution is -2.28. The van der Waals surface area contributed by atoms with E-state index >= 15 is 0 Å². The Morgan fingerprint density at radius 3 is 2.65 bits per heavy atom. The number of carbonyl (C=O) groups excluding carboxylic acids is 1. The summed E-state index contributed by atoms with van der Waals surface area (Å²) in [5, 5.41) is 13.1. The standard InChI is InChI=1S/C18H23N3O2/c1-13(20-12-10-16-17(22)3-2-11-21-16)4-5-14-6-8-15(9-7-14)18(19)23/h2-3,6-9,11,13,20,22H,4-5,10,12H2,1H3,(H2,19,23)/t13-/m1/s1. The molecule has 0 saturated carbocycles. The summed E-state index contributed by atoms with van der Waals surface area (Å²) in [6.45, 7) is 2.91. The lowest BCUT2D eigenvalue weighted by atomic mass is 10.0. The Kier molecular flexibility index (Phi) is 6.11. The topological polar surface area (TPSA) is 88.2 Å². The molecule has 5 nitrogen and oxygen atoms in total. The van der Waals surface area contributed by atoms with Crippen LogP contribution in [0, 0.1) is 0 Å². The number of hydrogen-bond donors (Lipinski definition) is 3.